The first kappa shape index (κ1) is 27.9. The van der Waals surface area contributed by atoms with Gasteiger partial charge in [-0.1, -0.05) is 49.9 Å². The molecule has 5 rings (SSSR count). The third-order valence-electron chi connectivity index (χ3n) is 6.32. The lowest BCUT2D eigenvalue weighted by molar-refractivity contribution is 0.282. The van der Waals surface area contributed by atoms with E-state index >= 15 is 0 Å². The Balaban J connectivity index is 0.00000171. The average Bonchev–Trinajstić information content (AvgIpc) is 3.20. The maximum absolute atomic E-state index is 5.29. The number of nitrogens with one attached hydrogen (secondary N) is 1. The number of hydrogen-bond acceptors (Lipinski definition) is 6. The SMILES string of the molecule is COc1ccc(CC[C@H]2CN(C3=Nc4ccccc4Sc4sc(C(C)C)cc43)CCN2)cc1.Cl.Cl. The molecule has 1 aromatic heterocycles. The fourth-order valence-corrected chi connectivity index (χ4v) is 6.84. The first-order valence-corrected chi connectivity index (χ1v) is 13.3. The first-order chi connectivity index (χ1) is 16.1. The normalized spacial score (nSPS) is 16.9. The van der Waals surface area contributed by atoms with Crippen LogP contribution >= 0.6 is 47.9 Å². The van der Waals surface area contributed by atoms with Gasteiger partial charge in [0.05, 0.1) is 17.0 Å². The fourth-order valence-electron chi connectivity index (χ4n) is 4.40. The van der Waals surface area contributed by atoms with Crippen molar-refractivity contribution in [1.29, 1.82) is 0 Å². The van der Waals surface area contributed by atoms with Gasteiger partial charge in [0.15, 0.2) is 0 Å². The average molecular weight is 551 g/mol. The second-order valence-corrected chi connectivity index (χ2v) is 11.4. The molecular formula is C27H33Cl2N3OS2. The van der Waals surface area contributed by atoms with E-state index in [4.69, 9.17) is 9.73 Å². The van der Waals surface area contributed by atoms with Crippen LogP contribution in [0.2, 0.25) is 0 Å². The fraction of sp³-hybridized carbons (Fsp3) is 0.370. The van der Waals surface area contributed by atoms with Crippen molar-refractivity contribution in [3.8, 4) is 5.75 Å². The van der Waals surface area contributed by atoms with E-state index in [1.165, 1.54) is 25.1 Å². The monoisotopic (exact) mass is 549 g/mol. The molecule has 188 valence electrons. The van der Waals surface area contributed by atoms with Crippen LogP contribution in [0.4, 0.5) is 5.69 Å². The number of rotatable bonds is 5. The highest BCUT2D eigenvalue weighted by Gasteiger charge is 2.28. The second-order valence-electron chi connectivity index (χ2n) is 8.99. The molecule has 2 aliphatic rings. The molecule has 3 heterocycles. The van der Waals surface area contributed by atoms with E-state index in [1.54, 1.807) is 7.11 Å². The lowest BCUT2D eigenvalue weighted by atomic mass is 10.0. The Morgan fingerprint density at radius 2 is 1.89 bits per heavy atom. The van der Waals surface area contributed by atoms with E-state index in [-0.39, 0.29) is 24.8 Å². The highest BCUT2D eigenvalue weighted by Crippen LogP contribution is 2.45. The molecule has 0 aliphatic carbocycles. The second kappa shape index (κ2) is 12.5. The van der Waals surface area contributed by atoms with Gasteiger partial charge in [-0.05, 0) is 54.7 Å². The smallest absolute Gasteiger partial charge is 0.138 e. The summed E-state index contributed by atoms with van der Waals surface area (Å²) in [6.07, 6.45) is 2.16. The molecule has 35 heavy (non-hydrogen) atoms. The lowest BCUT2D eigenvalue weighted by Crippen LogP contribution is -2.52. The van der Waals surface area contributed by atoms with E-state index < -0.39 is 0 Å². The van der Waals surface area contributed by atoms with Crippen molar-refractivity contribution >= 4 is 59.4 Å². The van der Waals surface area contributed by atoms with Crippen LogP contribution in [0.25, 0.3) is 0 Å². The maximum atomic E-state index is 5.29. The molecule has 1 atom stereocenters. The number of benzene rings is 2. The number of halogens is 2. The van der Waals surface area contributed by atoms with E-state index in [0.717, 1.165) is 49.7 Å². The van der Waals surface area contributed by atoms with Crippen molar-refractivity contribution in [2.24, 2.45) is 4.99 Å². The van der Waals surface area contributed by atoms with E-state index in [2.05, 4.69) is 78.7 Å². The Morgan fingerprint density at radius 3 is 2.63 bits per heavy atom. The summed E-state index contributed by atoms with van der Waals surface area (Å²) in [5, 5.41) is 3.74. The van der Waals surface area contributed by atoms with Gasteiger partial charge in [0.25, 0.3) is 0 Å². The Morgan fingerprint density at radius 1 is 1.11 bits per heavy atom. The van der Waals surface area contributed by atoms with Crippen LogP contribution in [-0.4, -0.2) is 43.5 Å². The number of thiophene rings is 1. The number of aryl methyl sites for hydroxylation is 1. The highest BCUT2D eigenvalue weighted by molar-refractivity contribution is 8.01. The van der Waals surface area contributed by atoms with Gasteiger partial charge in [-0.3, -0.25) is 0 Å². The molecule has 0 radical (unpaired) electrons. The summed E-state index contributed by atoms with van der Waals surface area (Å²) in [7, 11) is 1.71. The minimum atomic E-state index is 0. The molecule has 4 nitrogen and oxygen atoms in total. The zero-order valence-corrected chi connectivity index (χ0v) is 23.6. The zero-order valence-electron chi connectivity index (χ0n) is 20.3. The van der Waals surface area contributed by atoms with Crippen molar-refractivity contribution in [2.45, 2.75) is 47.8 Å². The number of amidine groups is 1. The van der Waals surface area contributed by atoms with Gasteiger partial charge in [-0.15, -0.1) is 36.2 Å². The van der Waals surface area contributed by atoms with Gasteiger partial charge in [-0.2, -0.15) is 0 Å². The Labute approximate surface area is 229 Å². The zero-order chi connectivity index (χ0) is 22.8. The summed E-state index contributed by atoms with van der Waals surface area (Å²) in [5.74, 6) is 2.58. The molecule has 8 heteroatoms. The molecule has 2 aromatic carbocycles. The molecule has 0 spiro atoms. The van der Waals surface area contributed by atoms with Crippen LogP contribution in [-0.2, 0) is 6.42 Å². The Bertz CT molecular complexity index is 1150. The molecule has 0 unspecified atom stereocenters. The number of methoxy groups -OCH3 is 1. The van der Waals surface area contributed by atoms with Crippen molar-refractivity contribution in [3.63, 3.8) is 0 Å². The van der Waals surface area contributed by atoms with E-state index in [0.29, 0.717) is 12.0 Å². The summed E-state index contributed by atoms with van der Waals surface area (Å²) in [6.45, 7) is 7.50. The predicted octanol–water partition coefficient (Wildman–Crippen LogP) is 7.17. The van der Waals surface area contributed by atoms with Gasteiger partial charge in [-0.25, -0.2) is 4.99 Å². The number of hydrogen-bond donors (Lipinski definition) is 1. The van der Waals surface area contributed by atoms with E-state index in [9.17, 15) is 0 Å². The van der Waals surface area contributed by atoms with Gasteiger partial charge in [0.1, 0.15) is 11.6 Å². The van der Waals surface area contributed by atoms with Gasteiger partial charge in [0, 0.05) is 41.0 Å². The molecule has 3 aromatic rings. The van der Waals surface area contributed by atoms with Gasteiger partial charge in [0.2, 0.25) is 0 Å². The summed E-state index contributed by atoms with van der Waals surface area (Å²) < 4.78 is 6.66. The van der Waals surface area contributed by atoms with Gasteiger partial charge < -0.3 is 15.0 Å². The van der Waals surface area contributed by atoms with Crippen molar-refractivity contribution < 1.29 is 4.74 Å². The summed E-state index contributed by atoms with van der Waals surface area (Å²) in [5.41, 5.74) is 3.74. The quantitative estimate of drug-likeness (QED) is 0.365. The molecule has 0 saturated carbocycles. The standard InChI is InChI=1S/C27H31N3OS2.2ClH/c1-18(2)25-16-22-26(29-23-6-4-5-7-24(23)32-27(22)33-25)30-15-14-28-20(17-30)11-8-19-9-12-21(31-3)13-10-19;;/h4-7,9-10,12-13,16,18,20,28H,8,11,14-15,17H2,1-3H3;2*1H/t20-;;/m0../s1. The summed E-state index contributed by atoms with van der Waals surface area (Å²) in [6, 6.07) is 19.8. The van der Waals surface area contributed by atoms with Crippen LogP contribution in [0.1, 0.15) is 42.2 Å². The van der Waals surface area contributed by atoms with Crippen LogP contribution < -0.4 is 10.1 Å². The van der Waals surface area contributed by atoms with Crippen molar-refractivity contribution in [1.82, 2.24) is 10.2 Å². The van der Waals surface area contributed by atoms with Crippen LogP contribution in [0.15, 0.2) is 68.7 Å². The first-order valence-electron chi connectivity index (χ1n) is 11.7. The molecule has 1 N–H and O–H groups in total. The number of aliphatic imine (C=N–C) groups is 1. The van der Waals surface area contributed by atoms with Gasteiger partial charge >= 0.3 is 0 Å². The van der Waals surface area contributed by atoms with E-state index in [1.807, 2.05) is 23.1 Å². The topological polar surface area (TPSA) is 36.9 Å². The molecular weight excluding hydrogens is 517 g/mol. The number of ether oxygens (including phenoxy) is 1. The largest absolute Gasteiger partial charge is 0.497 e. The Hall–Kier alpha value is -1.70. The van der Waals surface area contributed by atoms with Crippen LogP contribution in [0.3, 0.4) is 0 Å². The van der Waals surface area contributed by atoms with Crippen molar-refractivity contribution in [2.75, 3.05) is 26.7 Å². The molecule has 1 fully saturated rings. The molecule has 0 amide bonds. The minimum absolute atomic E-state index is 0. The summed E-state index contributed by atoms with van der Waals surface area (Å²) in [4.78, 5) is 10.4. The molecule has 2 aliphatic heterocycles. The predicted molar refractivity (Wildman–Crippen MR) is 154 cm³/mol. The summed E-state index contributed by atoms with van der Waals surface area (Å²) >= 11 is 3.80. The van der Waals surface area contributed by atoms with Crippen LogP contribution in [0, 0.1) is 0 Å². The molecule has 0 bridgehead atoms. The number of para-hydroxylation sites is 1. The third kappa shape index (κ3) is 6.36. The van der Waals surface area contributed by atoms with Crippen LogP contribution in [0.5, 0.6) is 5.75 Å². The molecule has 1 saturated heterocycles. The maximum Gasteiger partial charge on any atom is 0.138 e. The highest BCUT2D eigenvalue weighted by atomic mass is 35.5. The minimum Gasteiger partial charge on any atom is -0.497 e. The number of piperazine rings is 1. The lowest BCUT2D eigenvalue weighted by Gasteiger charge is -2.36. The Kier molecular flexibility index (Phi) is 9.96. The number of fused-ring (bicyclic) bond motifs is 2. The third-order valence-corrected chi connectivity index (χ3v) is 9.02. The number of nitrogens with zero attached hydrogens (tertiary/aromatic N) is 2. The van der Waals surface area contributed by atoms with Crippen molar-refractivity contribution in [3.05, 3.63) is 70.6 Å².